The van der Waals surface area contributed by atoms with Crippen molar-refractivity contribution < 1.29 is 13.2 Å². The highest BCUT2D eigenvalue weighted by atomic mass is 127. The average Bonchev–Trinajstić information content (AvgIpc) is 2.15. The van der Waals surface area contributed by atoms with Gasteiger partial charge in [-0.2, -0.15) is 13.2 Å². The highest BCUT2D eigenvalue weighted by molar-refractivity contribution is 14.1. The largest absolute Gasteiger partial charge is 0.417 e. The van der Waals surface area contributed by atoms with Crippen molar-refractivity contribution in [2.75, 3.05) is 0 Å². The molecule has 0 aromatic heterocycles. The van der Waals surface area contributed by atoms with Crippen LogP contribution in [0.15, 0.2) is 30.9 Å². The van der Waals surface area contributed by atoms with Gasteiger partial charge in [-0.05, 0) is 40.3 Å². The van der Waals surface area contributed by atoms with E-state index in [0.717, 1.165) is 12.0 Å². The molecule has 0 bridgehead atoms. The molecule has 0 heterocycles. The molecule has 0 amide bonds. The van der Waals surface area contributed by atoms with E-state index in [1.54, 1.807) is 41.7 Å². The third-order valence-electron chi connectivity index (χ3n) is 2.03. The van der Waals surface area contributed by atoms with Crippen LogP contribution in [0.5, 0.6) is 0 Å². The fraction of sp³-hybridized carbons (Fsp3) is 0.182. The van der Waals surface area contributed by atoms with Crippen molar-refractivity contribution in [3.8, 4) is 0 Å². The number of rotatable bonds is 2. The second-order valence-corrected chi connectivity index (χ2v) is 4.24. The van der Waals surface area contributed by atoms with E-state index in [0.29, 0.717) is 5.56 Å². The van der Waals surface area contributed by atoms with Gasteiger partial charge in [0.15, 0.2) is 0 Å². The third-order valence-corrected chi connectivity index (χ3v) is 2.97. The topological polar surface area (TPSA) is 0 Å². The Morgan fingerprint density at radius 2 is 2.00 bits per heavy atom. The Kier molecular flexibility index (Phi) is 3.81. The summed E-state index contributed by atoms with van der Waals surface area (Å²) in [5.41, 5.74) is -0.0421. The van der Waals surface area contributed by atoms with E-state index in [-0.39, 0.29) is 3.57 Å². The third kappa shape index (κ3) is 2.96. The van der Waals surface area contributed by atoms with Crippen LogP contribution in [0.3, 0.4) is 0 Å². The second-order valence-electron chi connectivity index (χ2n) is 3.08. The van der Waals surface area contributed by atoms with Crippen LogP contribution in [0.25, 0.3) is 0 Å². The molecule has 81 valence electrons. The summed E-state index contributed by atoms with van der Waals surface area (Å²) in [4.78, 5) is 0. The average molecular weight is 325 g/mol. The minimum atomic E-state index is -4.30. The van der Waals surface area contributed by atoms with Gasteiger partial charge in [0, 0.05) is 9.49 Å². The van der Waals surface area contributed by atoms with Crippen molar-refractivity contribution in [2.24, 2.45) is 0 Å². The van der Waals surface area contributed by atoms with Crippen LogP contribution in [0, 0.1) is 9.49 Å². The van der Waals surface area contributed by atoms with Gasteiger partial charge in [-0.15, -0.1) is 6.58 Å². The summed E-state index contributed by atoms with van der Waals surface area (Å²) in [6.45, 7) is 5.26. The lowest BCUT2D eigenvalue weighted by molar-refractivity contribution is -0.138. The summed E-state index contributed by atoms with van der Waals surface area (Å²) in [5.74, 6) is 0.733. The van der Waals surface area contributed by atoms with Gasteiger partial charge < -0.3 is 0 Å². The molecule has 0 spiro atoms. The summed E-state index contributed by atoms with van der Waals surface area (Å²) in [7, 11) is 0. The first-order chi connectivity index (χ1) is 6.86. The van der Waals surface area contributed by atoms with Crippen LogP contribution in [0.1, 0.15) is 18.1 Å². The van der Waals surface area contributed by atoms with Crippen LogP contribution in [0.2, 0.25) is 0 Å². The molecule has 1 radical (unpaired) electrons. The van der Waals surface area contributed by atoms with E-state index >= 15 is 0 Å². The van der Waals surface area contributed by atoms with Gasteiger partial charge in [-0.3, -0.25) is 0 Å². The number of allylic oxidation sites excluding steroid dienone is 1. The fourth-order valence-electron chi connectivity index (χ4n) is 1.11. The lowest BCUT2D eigenvalue weighted by Gasteiger charge is -2.12. The molecular formula is C11H9F3I. The van der Waals surface area contributed by atoms with Crippen LogP contribution < -0.4 is 0 Å². The molecule has 4 heteroatoms. The maximum absolute atomic E-state index is 12.6. The Hall–Kier alpha value is -0.520. The standard InChI is InChI=1S/C11H9F3I/c1-3-7(2)8-4-5-10(15)9(6-8)11(12,13)14/h3-6H,1H2,2H3. The molecule has 1 aromatic rings. The molecule has 0 unspecified atom stereocenters. The van der Waals surface area contributed by atoms with Gasteiger partial charge in [0.2, 0.25) is 0 Å². The Labute approximate surface area is 100 Å². The Morgan fingerprint density at radius 1 is 1.40 bits per heavy atom. The number of halogens is 4. The van der Waals surface area contributed by atoms with Gasteiger partial charge in [0.1, 0.15) is 0 Å². The second kappa shape index (κ2) is 4.55. The number of alkyl halides is 3. The summed E-state index contributed by atoms with van der Waals surface area (Å²) in [6.07, 6.45) is -2.75. The first kappa shape index (κ1) is 12.5. The molecular weight excluding hydrogens is 316 g/mol. The predicted molar refractivity (Wildman–Crippen MR) is 62.4 cm³/mol. The highest BCUT2D eigenvalue weighted by Gasteiger charge is 2.33. The van der Waals surface area contributed by atoms with Gasteiger partial charge in [-0.1, -0.05) is 19.1 Å². The minimum absolute atomic E-state index is 0.209. The van der Waals surface area contributed by atoms with Crippen LogP contribution in [-0.4, -0.2) is 0 Å². The van der Waals surface area contributed by atoms with E-state index in [1.807, 2.05) is 0 Å². The van der Waals surface area contributed by atoms with Crippen LogP contribution in [-0.2, 0) is 6.18 Å². The van der Waals surface area contributed by atoms with Crippen molar-refractivity contribution in [2.45, 2.75) is 13.1 Å². The van der Waals surface area contributed by atoms with Gasteiger partial charge in [0.25, 0.3) is 0 Å². The van der Waals surface area contributed by atoms with Crippen LogP contribution in [0.4, 0.5) is 13.2 Å². The summed E-state index contributed by atoms with van der Waals surface area (Å²) in [6, 6.07) is 4.28. The molecule has 1 aromatic carbocycles. The molecule has 0 aliphatic heterocycles. The van der Waals surface area contributed by atoms with Gasteiger partial charge in [0.05, 0.1) is 5.56 Å². The Morgan fingerprint density at radius 3 is 2.47 bits per heavy atom. The number of hydrogen-bond donors (Lipinski definition) is 0. The molecule has 0 atom stereocenters. The molecule has 0 saturated heterocycles. The fourth-order valence-corrected chi connectivity index (χ4v) is 1.75. The molecule has 0 aliphatic carbocycles. The molecule has 0 nitrogen and oxygen atoms in total. The van der Waals surface area contributed by atoms with E-state index in [9.17, 15) is 13.2 Å². The Balaban J connectivity index is 3.22. The van der Waals surface area contributed by atoms with E-state index in [2.05, 4.69) is 6.58 Å². The normalized spacial score (nSPS) is 11.9. The molecule has 0 N–H and O–H groups in total. The van der Waals surface area contributed by atoms with Gasteiger partial charge in [-0.25, -0.2) is 0 Å². The monoisotopic (exact) mass is 325 g/mol. The molecule has 0 aliphatic rings. The smallest absolute Gasteiger partial charge is 0.166 e. The van der Waals surface area contributed by atoms with Crippen molar-refractivity contribution in [1.82, 2.24) is 0 Å². The Bertz CT molecular complexity index is 369. The van der Waals surface area contributed by atoms with E-state index in [1.165, 1.54) is 6.07 Å². The quantitative estimate of drug-likeness (QED) is 0.705. The van der Waals surface area contributed by atoms with E-state index < -0.39 is 11.7 Å². The zero-order valence-corrected chi connectivity index (χ0v) is 10.2. The number of hydrogen-bond acceptors (Lipinski definition) is 0. The van der Waals surface area contributed by atoms with Crippen LogP contribution >= 0.6 is 22.6 Å². The highest BCUT2D eigenvalue weighted by Crippen LogP contribution is 2.34. The minimum Gasteiger partial charge on any atom is -0.166 e. The first-order valence-corrected chi connectivity index (χ1v) is 5.27. The zero-order valence-electron chi connectivity index (χ0n) is 8.03. The summed E-state index contributed by atoms with van der Waals surface area (Å²) >= 11 is 1.68. The molecule has 0 fully saturated rings. The molecule has 1 rings (SSSR count). The summed E-state index contributed by atoms with van der Waals surface area (Å²) < 4.78 is 37.9. The van der Waals surface area contributed by atoms with Crippen molar-refractivity contribution in [1.29, 1.82) is 0 Å². The maximum Gasteiger partial charge on any atom is 0.417 e. The lowest BCUT2D eigenvalue weighted by atomic mass is 9.99. The maximum atomic E-state index is 12.6. The first-order valence-electron chi connectivity index (χ1n) is 4.19. The molecule has 0 saturated carbocycles. The zero-order chi connectivity index (χ0) is 11.6. The van der Waals surface area contributed by atoms with Crippen molar-refractivity contribution >= 4 is 22.6 Å². The van der Waals surface area contributed by atoms with Gasteiger partial charge >= 0.3 is 6.18 Å². The predicted octanol–water partition coefficient (Wildman–Crippen LogP) is 4.44. The SMILES string of the molecule is C=C[C](C)c1ccc(I)c(C(F)(F)F)c1. The van der Waals surface area contributed by atoms with Crippen molar-refractivity contribution in [3.63, 3.8) is 0 Å². The van der Waals surface area contributed by atoms with E-state index in [4.69, 9.17) is 0 Å². The summed E-state index contributed by atoms with van der Waals surface area (Å²) in [5, 5.41) is 0. The number of benzene rings is 1. The lowest BCUT2D eigenvalue weighted by Crippen LogP contribution is -2.08. The molecule has 15 heavy (non-hydrogen) atoms. The van der Waals surface area contributed by atoms with Crippen molar-refractivity contribution in [3.05, 3.63) is 51.5 Å².